The van der Waals surface area contributed by atoms with Crippen LogP contribution in [0.2, 0.25) is 0 Å². The summed E-state index contributed by atoms with van der Waals surface area (Å²) < 4.78 is 14.0. The summed E-state index contributed by atoms with van der Waals surface area (Å²) in [4.78, 5) is 50.4. The number of carbonyl (C=O) groups is 4. The molecule has 9 heteroatoms. The molecule has 0 saturated heterocycles. The Balaban J connectivity index is 1.57. The van der Waals surface area contributed by atoms with Crippen molar-refractivity contribution in [1.82, 2.24) is 10.2 Å². The molecule has 0 fully saturated rings. The fourth-order valence-corrected chi connectivity index (χ4v) is 5.24. The summed E-state index contributed by atoms with van der Waals surface area (Å²) in [5.41, 5.74) is 3.21. The molecule has 0 bridgehead atoms. The van der Waals surface area contributed by atoms with Crippen LogP contribution in [0.25, 0.3) is 21.2 Å². The average molecular weight is 483 g/mol. The molecule has 0 spiro atoms. The number of aliphatic carboxylic acids is 1. The van der Waals surface area contributed by atoms with E-state index in [1.54, 1.807) is 18.3 Å². The van der Waals surface area contributed by atoms with Gasteiger partial charge in [0.05, 0.1) is 6.42 Å². The number of Topliss-reactive ketones (excluding diaryl/α,β-unsaturated/α-hetero) is 1. The van der Waals surface area contributed by atoms with Gasteiger partial charge in [-0.3, -0.25) is 19.2 Å². The van der Waals surface area contributed by atoms with E-state index in [0.717, 1.165) is 26.8 Å². The number of hydrogen-bond donors (Lipinski definition) is 2. The number of benzene rings is 2. The number of fused-ring (bicyclic) bond motifs is 2. The molecule has 0 aliphatic carbocycles. The number of carbonyl (C=O) groups excluding carboxylic acids is 3. The zero-order chi connectivity index (χ0) is 24.4. The summed E-state index contributed by atoms with van der Waals surface area (Å²) in [7, 11) is 0. The van der Waals surface area contributed by atoms with Gasteiger partial charge in [0.2, 0.25) is 5.91 Å². The highest BCUT2D eigenvalue weighted by Crippen LogP contribution is 2.36. The van der Waals surface area contributed by atoms with Crippen molar-refractivity contribution >= 4 is 45.0 Å². The van der Waals surface area contributed by atoms with Crippen LogP contribution in [0.4, 0.5) is 4.39 Å². The van der Waals surface area contributed by atoms with Crippen LogP contribution in [-0.4, -0.2) is 52.3 Å². The van der Waals surface area contributed by atoms with Gasteiger partial charge in [-0.1, -0.05) is 37.3 Å². The minimum atomic E-state index is -1.48. The van der Waals surface area contributed by atoms with Crippen molar-refractivity contribution < 1.29 is 28.7 Å². The maximum absolute atomic E-state index is 13.3. The first-order valence-corrected chi connectivity index (χ1v) is 11.7. The lowest BCUT2D eigenvalue weighted by atomic mass is 10.00. The second-order valence-corrected chi connectivity index (χ2v) is 9.04. The summed E-state index contributed by atoms with van der Waals surface area (Å²) in [5, 5.41) is 14.5. The Morgan fingerprint density at radius 1 is 1.18 bits per heavy atom. The number of alkyl halides is 1. The second-order valence-electron chi connectivity index (χ2n) is 8.13. The van der Waals surface area contributed by atoms with Crippen molar-refractivity contribution in [3.8, 4) is 11.1 Å². The summed E-state index contributed by atoms with van der Waals surface area (Å²) in [5.74, 6) is -3.35. The Hall–Kier alpha value is -3.59. The number of ketones is 1. The molecule has 2 amide bonds. The number of halogens is 1. The lowest BCUT2D eigenvalue weighted by molar-refractivity contribution is -0.140. The quantitative estimate of drug-likeness (QED) is 0.483. The summed E-state index contributed by atoms with van der Waals surface area (Å²) >= 11 is 1.63. The standard InChI is InChI=1S/C25H23FN2O5S/c1-2-20(24(32)27-19(10-23(30)31)21(29)11-26)28-12-15-8-7-14(9-17(15)25(28)33)18-13-34-22-6-4-3-5-16(18)22/h3-9,13,19-20H,2,10-12H2,1H3,(H,27,32)(H,30,31). The van der Waals surface area contributed by atoms with Crippen LogP contribution >= 0.6 is 11.3 Å². The summed E-state index contributed by atoms with van der Waals surface area (Å²) in [6, 6.07) is 11.3. The van der Waals surface area contributed by atoms with Crippen molar-refractivity contribution in [1.29, 1.82) is 0 Å². The highest BCUT2D eigenvalue weighted by Gasteiger charge is 2.37. The molecular formula is C25H23FN2O5S. The van der Waals surface area contributed by atoms with Crippen LogP contribution in [0.5, 0.6) is 0 Å². The van der Waals surface area contributed by atoms with Gasteiger partial charge in [0.15, 0.2) is 5.78 Å². The van der Waals surface area contributed by atoms with E-state index in [9.17, 15) is 23.6 Å². The van der Waals surface area contributed by atoms with Crippen LogP contribution in [0.1, 0.15) is 35.7 Å². The molecule has 1 aromatic heterocycles. The number of hydrogen-bond acceptors (Lipinski definition) is 5. The fraction of sp³-hybridized carbons (Fsp3) is 0.280. The van der Waals surface area contributed by atoms with Gasteiger partial charge in [-0.25, -0.2) is 4.39 Å². The van der Waals surface area contributed by atoms with E-state index < -0.39 is 42.8 Å². The van der Waals surface area contributed by atoms with Gasteiger partial charge >= 0.3 is 5.97 Å². The van der Waals surface area contributed by atoms with E-state index >= 15 is 0 Å². The second kappa shape index (κ2) is 9.72. The van der Waals surface area contributed by atoms with E-state index in [4.69, 9.17) is 5.11 Å². The average Bonchev–Trinajstić information content (AvgIpc) is 3.39. The smallest absolute Gasteiger partial charge is 0.305 e. The predicted molar refractivity (Wildman–Crippen MR) is 126 cm³/mol. The van der Waals surface area contributed by atoms with E-state index in [1.165, 1.54) is 4.90 Å². The van der Waals surface area contributed by atoms with Crippen LogP contribution in [0.3, 0.4) is 0 Å². The van der Waals surface area contributed by atoms with Crippen LogP contribution in [0.15, 0.2) is 47.8 Å². The number of thiophene rings is 1. The zero-order valence-electron chi connectivity index (χ0n) is 18.4. The number of amides is 2. The molecule has 34 heavy (non-hydrogen) atoms. The number of carboxylic acids is 1. The zero-order valence-corrected chi connectivity index (χ0v) is 19.2. The van der Waals surface area contributed by atoms with Crippen molar-refractivity contribution in [2.24, 2.45) is 0 Å². The largest absolute Gasteiger partial charge is 0.481 e. The molecule has 2 unspecified atom stereocenters. The molecule has 3 aromatic rings. The Kier molecular flexibility index (Phi) is 6.74. The summed E-state index contributed by atoms with van der Waals surface area (Å²) in [6.45, 7) is 0.543. The van der Waals surface area contributed by atoms with Gasteiger partial charge in [0.25, 0.3) is 5.91 Å². The van der Waals surface area contributed by atoms with Crippen molar-refractivity contribution in [3.63, 3.8) is 0 Å². The Bertz CT molecular complexity index is 1290. The van der Waals surface area contributed by atoms with Gasteiger partial charge in [0.1, 0.15) is 18.8 Å². The molecule has 176 valence electrons. The fourth-order valence-electron chi connectivity index (χ4n) is 4.27. The minimum Gasteiger partial charge on any atom is -0.481 e. The van der Waals surface area contributed by atoms with Crippen LogP contribution < -0.4 is 5.32 Å². The molecule has 4 rings (SSSR count). The maximum Gasteiger partial charge on any atom is 0.305 e. The van der Waals surface area contributed by atoms with Gasteiger partial charge in [-0.05, 0) is 35.1 Å². The molecule has 7 nitrogen and oxygen atoms in total. The predicted octanol–water partition coefficient (Wildman–Crippen LogP) is 3.80. The van der Waals surface area contributed by atoms with E-state index in [2.05, 4.69) is 10.7 Å². The van der Waals surface area contributed by atoms with Crippen molar-refractivity contribution in [3.05, 3.63) is 59.0 Å². The SMILES string of the molecule is CCC(C(=O)NC(CC(=O)O)C(=O)CF)N1Cc2ccc(-c3csc4ccccc34)cc2C1=O. The van der Waals surface area contributed by atoms with Gasteiger partial charge in [-0.15, -0.1) is 11.3 Å². The third-order valence-electron chi connectivity index (χ3n) is 6.01. The van der Waals surface area contributed by atoms with Crippen LogP contribution in [0, 0.1) is 0 Å². The van der Waals surface area contributed by atoms with Gasteiger partial charge in [-0.2, -0.15) is 0 Å². The third-order valence-corrected chi connectivity index (χ3v) is 6.98. The van der Waals surface area contributed by atoms with Crippen LogP contribution in [-0.2, 0) is 20.9 Å². The molecular weight excluding hydrogens is 459 g/mol. The lowest BCUT2D eigenvalue weighted by Gasteiger charge is -2.27. The molecule has 0 radical (unpaired) electrons. The Labute approximate surface area is 199 Å². The first-order chi connectivity index (χ1) is 16.3. The molecule has 1 aliphatic rings. The lowest BCUT2D eigenvalue weighted by Crippen LogP contribution is -2.52. The molecule has 2 atom stereocenters. The minimum absolute atomic E-state index is 0.214. The normalized spacial score (nSPS) is 14.6. The van der Waals surface area contributed by atoms with Crippen molar-refractivity contribution in [2.45, 2.75) is 38.4 Å². The first-order valence-electron chi connectivity index (χ1n) is 10.8. The van der Waals surface area contributed by atoms with E-state index in [1.807, 2.05) is 42.5 Å². The molecule has 1 aliphatic heterocycles. The first kappa shape index (κ1) is 23.6. The molecule has 0 saturated carbocycles. The highest BCUT2D eigenvalue weighted by atomic mass is 32.1. The van der Waals surface area contributed by atoms with E-state index in [-0.39, 0.29) is 18.9 Å². The van der Waals surface area contributed by atoms with Gasteiger partial charge in [0, 0.05) is 27.8 Å². The van der Waals surface area contributed by atoms with Gasteiger partial charge < -0.3 is 15.3 Å². The monoisotopic (exact) mass is 482 g/mol. The van der Waals surface area contributed by atoms with Crippen molar-refractivity contribution in [2.75, 3.05) is 6.67 Å². The highest BCUT2D eigenvalue weighted by molar-refractivity contribution is 7.17. The molecule has 2 heterocycles. The number of carboxylic acid groups (broad SMARTS) is 1. The topological polar surface area (TPSA) is 104 Å². The molecule has 2 N–H and O–H groups in total. The maximum atomic E-state index is 13.3. The number of nitrogens with zero attached hydrogens (tertiary/aromatic N) is 1. The summed E-state index contributed by atoms with van der Waals surface area (Å²) in [6.07, 6.45) is -0.478. The third kappa shape index (κ3) is 4.43. The Morgan fingerprint density at radius 3 is 2.65 bits per heavy atom. The number of rotatable bonds is 9. The number of nitrogens with one attached hydrogen (secondary N) is 1. The molecule has 2 aromatic carbocycles. The Morgan fingerprint density at radius 2 is 1.94 bits per heavy atom. The van der Waals surface area contributed by atoms with E-state index in [0.29, 0.717) is 5.56 Å².